The molecule has 0 aromatic heterocycles. The van der Waals surface area contributed by atoms with E-state index in [1.807, 2.05) is 31.2 Å². The molecule has 1 fully saturated rings. The highest BCUT2D eigenvalue weighted by atomic mass is 16.4. The maximum Gasteiger partial charge on any atom is 0.325 e. The van der Waals surface area contributed by atoms with E-state index in [1.54, 1.807) is 4.90 Å². The molecule has 0 bridgehead atoms. The van der Waals surface area contributed by atoms with E-state index in [1.165, 1.54) is 6.92 Å². The number of benzene rings is 1. The van der Waals surface area contributed by atoms with E-state index in [0.717, 1.165) is 11.1 Å². The van der Waals surface area contributed by atoms with Gasteiger partial charge in [0, 0.05) is 19.5 Å². The van der Waals surface area contributed by atoms with Crippen LogP contribution < -0.4 is 5.32 Å². The number of carboxylic acids is 1. The number of hydrogen-bond acceptors (Lipinski definition) is 3. The molecule has 1 heterocycles. The van der Waals surface area contributed by atoms with Gasteiger partial charge in [-0.15, -0.1) is 0 Å². The molecule has 1 aromatic carbocycles. The van der Waals surface area contributed by atoms with Crippen molar-refractivity contribution in [2.24, 2.45) is 5.92 Å². The number of aliphatic carboxylic acids is 1. The van der Waals surface area contributed by atoms with E-state index >= 15 is 0 Å². The Bertz CT molecular complexity index is 582. The molecule has 0 aliphatic carbocycles. The molecule has 1 aliphatic rings. The van der Waals surface area contributed by atoms with Gasteiger partial charge >= 0.3 is 5.97 Å². The monoisotopic (exact) mass is 304 g/mol. The zero-order valence-corrected chi connectivity index (χ0v) is 12.7. The summed E-state index contributed by atoms with van der Waals surface area (Å²) in [7, 11) is 0. The van der Waals surface area contributed by atoms with Crippen LogP contribution in [-0.4, -0.2) is 40.4 Å². The molecule has 2 rings (SSSR count). The van der Waals surface area contributed by atoms with Crippen molar-refractivity contribution < 1.29 is 19.5 Å². The minimum Gasteiger partial charge on any atom is -0.480 e. The van der Waals surface area contributed by atoms with Crippen molar-refractivity contribution in [3.63, 3.8) is 0 Å². The van der Waals surface area contributed by atoms with Crippen LogP contribution in [-0.2, 0) is 20.9 Å². The van der Waals surface area contributed by atoms with Crippen molar-refractivity contribution in [2.75, 3.05) is 6.54 Å². The molecule has 6 nitrogen and oxygen atoms in total. The Morgan fingerprint density at radius 3 is 2.59 bits per heavy atom. The van der Waals surface area contributed by atoms with E-state index < -0.39 is 17.9 Å². The smallest absolute Gasteiger partial charge is 0.325 e. The molecule has 2 amide bonds. The number of rotatable bonds is 5. The van der Waals surface area contributed by atoms with Crippen molar-refractivity contribution in [3.05, 3.63) is 35.4 Å². The fourth-order valence-corrected chi connectivity index (χ4v) is 2.41. The Hall–Kier alpha value is -2.37. The van der Waals surface area contributed by atoms with Gasteiger partial charge in [0.1, 0.15) is 6.04 Å². The molecule has 0 spiro atoms. The van der Waals surface area contributed by atoms with Crippen LogP contribution in [0.1, 0.15) is 24.5 Å². The maximum atomic E-state index is 12.0. The Morgan fingerprint density at radius 2 is 2.00 bits per heavy atom. The van der Waals surface area contributed by atoms with Crippen LogP contribution in [0.5, 0.6) is 0 Å². The molecule has 1 unspecified atom stereocenters. The predicted octanol–water partition coefficient (Wildman–Crippen LogP) is 0.933. The Balaban J connectivity index is 1.94. The lowest BCUT2D eigenvalue weighted by Gasteiger charge is -2.17. The SMILES string of the molecule is Cc1ccc(CN2CC(C(=O)N[C@@H](C)C(=O)O)CC2=O)cc1. The molecule has 1 aromatic rings. The van der Waals surface area contributed by atoms with Crippen molar-refractivity contribution in [2.45, 2.75) is 32.9 Å². The van der Waals surface area contributed by atoms with Gasteiger partial charge in [0.25, 0.3) is 0 Å². The fraction of sp³-hybridized carbons (Fsp3) is 0.438. The molecule has 1 saturated heterocycles. The van der Waals surface area contributed by atoms with E-state index in [2.05, 4.69) is 5.32 Å². The highest BCUT2D eigenvalue weighted by Gasteiger charge is 2.35. The van der Waals surface area contributed by atoms with Crippen LogP contribution in [0, 0.1) is 12.8 Å². The van der Waals surface area contributed by atoms with Crippen LogP contribution in [0.3, 0.4) is 0 Å². The van der Waals surface area contributed by atoms with Gasteiger partial charge in [0.15, 0.2) is 0 Å². The summed E-state index contributed by atoms with van der Waals surface area (Å²) >= 11 is 0. The Kier molecular flexibility index (Phi) is 4.80. The molecule has 2 N–H and O–H groups in total. The van der Waals surface area contributed by atoms with Gasteiger partial charge in [0.2, 0.25) is 11.8 Å². The van der Waals surface area contributed by atoms with E-state index in [9.17, 15) is 14.4 Å². The number of carboxylic acid groups (broad SMARTS) is 1. The molecule has 2 atom stereocenters. The summed E-state index contributed by atoms with van der Waals surface area (Å²) in [5.41, 5.74) is 2.16. The molecular weight excluding hydrogens is 284 g/mol. The molecular formula is C16H20N2O4. The average Bonchev–Trinajstić information content (AvgIpc) is 2.82. The van der Waals surface area contributed by atoms with Crippen LogP contribution in [0.4, 0.5) is 0 Å². The zero-order chi connectivity index (χ0) is 16.3. The van der Waals surface area contributed by atoms with Crippen LogP contribution in [0.25, 0.3) is 0 Å². The van der Waals surface area contributed by atoms with Crippen molar-refractivity contribution in [1.82, 2.24) is 10.2 Å². The van der Waals surface area contributed by atoms with E-state index in [-0.39, 0.29) is 18.2 Å². The summed E-state index contributed by atoms with van der Waals surface area (Å²) in [6.45, 7) is 4.19. The third-order valence-corrected chi connectivity index (χ3v) is 3.81. The molecule has 0 radical (unpaired) electrons. The second-order valence-corrected chi connectivity index (χ2v) is 5.73. The average molecular weight is 304 g/mol. The number of aryl methyl sites for hydroxylation is 1. The molecule has 118 valence electrons. The lowest BCUT2D eigenvalue weighted by atomic mass is 10.1. The first kappa shape index (κ1) is 16.0. The van der Waals surface area contributed by atoms with Gasteiger partial charge in [-0.1, -0.05) is 29.8 Å². The highest BCUT2D eigenvalue weighted by Crippen LogP contribution is 2.20. The number of amides is 2. The normalized spacial score (nSPS) is 19.1. The standard InChI is InChI=1S/C16H20N2O4/c1-10-3-5-12(6-4-10)8-18-9-13(7-14(18)19)15(20)17-11(2)16(21)22/h3-6,11,13H,7-9H2,1-2H3,(H,17,20)(H,21,22)/t11-,13?/m0/s1. The van der Waals surface area contributed by atoms with Crippen LogP contribution in [0.15, 0.2) is 24.3 Å². The summed E-state index contributed by atoms with van der Waals surface area (Å²) in [6, 6.07) is 6.93. The van der Waals surface area contributed by atoms with Crippen molar-refractivity contribution in [1.29, 1.82) is 0 Å². The number of hydrogen-bond donors (Lipinski definition) is 2. The maximum absolute atomic E-state index is 12.0. The zero-order valence-electron chi connectivity index (χ0n) is 12.7. The number of nitrogens with zero attached hydrogens (tertiary/aromatic N) is 1. The molecule has 1 aliphatic heterocycles. The number of carbonyl (C=O) groups excluding carboxylic acids is 2. The molecule has 0 saturated carbocycles. The van der Waals surface area contributed by atoms with Crippen molar-refractivity contribution >= 4 is 17.8 Å². The summed E-state index contributed by atoms with van der Waals surface area (Å²) in [6.07, 6.45) is 0.129. The van der Waals surface area contributed by atoms with Gasteiger partial charge in [-0.2, -0.15) is 0 Å². The van der Waals surface area contributed by atoms with Crippen molar-refractivity contribution in [3.8, 4) is 0 Å². The van der Waals surface area contributed by atoms with E-state index in [0.29, 0.717) is 13.1 Å². The predicted molar refractivity (Wildman–Crippen MR) is 79.9 cm³/mol. The quantitative estimate of drug-likeness (QED) is 0.847. The summed E-state index contributed by atoms with van der Waals surface area (Å²) in [5.74, 6) is -2.03. The third-order valence-electron chi connectivity index (χ3n) is 3.81. The lowest BCUT2D eigenvalue weighted by molar-refractivity contribution is -0.141. The summed E-state index contributed by atoms with van der Waals surface area (Å²) in [4.78, 5) is 36.4. The topological polar surface area (TPSA) is 86.7 Å². The number of nitrogens with one attached hydrogen (secondary N) is 1. The van der Waals surface area contributed by atoms with Gasteiger partial charge in [0.05, 0.1) is 5.92 Å². The number of carbonyl (C=O) groups is 3. The Morgan fingerprint density at radius 1 is 1.36 bits per heavy atom. The van der Waals surface area contributed by atoms with E-state index in [4.69, 9.17) is 5.11 Å². The minimum absolute atomic E-state index is 0.0799. The van der Waals surface area contributed by atoms with Gasteiger partial charge in [-0.25, -0.2) is 0 Å². The first-order valence-corrected chi connectivity index (χ1v) is 7.23. The third kappa shape index (κ3) is 3.84. The molecule has 22 heavy (non-hydrogen) atoms. The van der Waals surface area contributed by atoms with Gasteiger partial charge in [-0.3, -0.25) is 14.4 Å². The van der Waals surface area contributed by atoms with Crippen LogP contribution in [0.2, 0.25) is 0 Å². The minimum atomic E-state index is -1.09. The Labute approximate surface area is 129 Å². The second kappa shape index (κ2) is 6.60. The highest BCUT2D eigenvalue weighted by molar-refractivity contribution is 5.91. The fourth-order valence-electron chi connectivity index (χ4n) is 2.41. The number of likely N-dealkylation sites (tertiary alicyclic amines) is 1. The summed E-state index contributed by atoms with van der Waals surface area (Å²) < 4.78 is 0. The second-order valence-electron chi connectivity index (χ2n) is 5.73. The lowest BCUT2D eigenvalue weighted by Crippen LogP contribution is -2.42. The summed E-state index contributed by atoms with van der Waals surface area (Å²) in [5, 5.41) is 11.2. The van der Waals surface area contributed by atoms with Gasteiger partial charge < -0.3 is 15.3 Å². The first-order valence-electron chi connectivity index (χ1n) is 7.23. The largest absolute Gasteiger partial charge is 0.480 e. The van der Waals surface area contributed by atoms with Gasteiger partial charge in [-0.05, 0) is 19.4 Å². The molecule has 6 heteroatoms. The first-order chi connectivity index (χ1) is 10.4. The van der Waals surface area contributed by atoms with Crippen LogP contribution >= 0.6 is 0 Å².